The van der Waals surface area contributed by atoms with Crippen molar-refractivity contribution in [2.45, 2.75) is 95.7 Å². The maximum atomic E-state index is 11.7. The molecule has 6 rings (SSSR count). The van der Waals surface area contributed by atoms with Gasteiger partial charge in [-0.25, -0.2) is 0 Å². The quantitative estimate of drug-likeness (QED) is 0.503. The summed E-state index contributed by atoms with van der Waals surface area (Å²) in [5.41, 5.74) is 0.339. The van der Waals surface area contributed by atoms with Gasteiger partial charge in [-0.3, -0.25) is 4.79 Å². The highest BCUT2D eigenvalue weighted by atomic mass is 16.7. The largest absolute Gasteiger partial charge is 0.462 e. The van der Waals surface area contributed by atoms with E-state index in [1.165, 1.54) is 25.7 Å². The van der Waals surface area contributed by atoms with Crippen molar-refractivity contribution < 1.29 is 23.7 Å². The Morgan fingerprint density at radius 3 is 2.54 bits per heavy atom. The van der Waals surface area contributed by atoms with Gasteiger partial charge in [0.05, 0.1) is 19.3 Å². The normalized spacial score (nSPS) is 55.8. The van der Waals surface area contributed by atoms with Crippen LogP contribution in [-0.2, 0) is 23.7 Å². The maximum absolute atomic E-state index is 11.7. The first kappa shape index (κ1) is 18.1. The molecule has 0 radical (unpaired) electrons. The van der Waals surface area contributed by atoms with Crippen LogP contribution in [0, 0.1) is 28.6 Å². The van der Waals surface area contributed by atoms with Crippen LogP contribution in [0.1, 0.15) is 72.1 Å². The molecule has 0 amide bonds. The number of carbonyl (C=O) groups is 1. The van der Waals surface area contributed by atoms with Crippen LogP contribution in [0.4, 0.5) is 0 Å². The molecule has 8 atom stereocenters. The van der Waals surface area contributed by atoms with Gasteiger partial charge in [0.25, 0.3) is 0 Å². The monoisotopic (exact) mass is 390 g/mol. The minimum absolute atomic E-state index is 0.0294. The molecule has 4 saturated carbocycles. The maximum Gasteiger partial charge on any atom is 0.302 e. The Balaban J connectivity index is 1.29. The number of rotatable bonds is 1. The second-order valence-electron chi connectivity index (χ2n) is 11.0. The Hall–Kier alpha value is -0.650. The fraction of sp³-hybridized carbons (Fsp3) is 0.957. The summed E-state index contributed by atoms with van der Waals surface area (Å²) in [5, 5.41) is 0. The summed E-state index contributed by atoms with van der Waals surface area (Å²) >= 11 is 0. The molecule has 4 unspecified atom stereocenters. The lowest BCUT2D eigenvalue weighted by Crippen LogP contribution is -2.61. The average molecular weight is 391 g/mol. The van der Waals surface area contributed by atoms with E-state index < -0.39 is 0 Å². The van der Waals surface area contributed by atoms with E-state index in [2.05, 4.69) is 13.8 Å². The van der Waals surface area contributed by atoms with Crippen LogP contribution in [0.15, 0.2) is 0 Å². The fourth-order valence-electron chi connectivity index (χ4n) is 8.71. The van der Waals surface area contributed by atoms with Crippen molar-refractivity contribution in [3.8, 4) is 0 Å². The summed E-state index contributed by atoms with van der Waals surface area (Å²) in [7, 11) is 0. The highest BCUT2D eigenvalue weighted by Gasteiger charge is 2.78. The second kappa shape index (κ2) is 5.53. The van der Waals surface area contributed by atoms with E-state index in [1.807, 2.05) is 0 Å². The second-order valence-corrected chi connectivity index (χ2v) is 11.0. The third-order valence-electron chi connectivity index (χ3n) is 10.1. The van der Waals surface area contributed by atoms with E-state index in [0.717, 1.165) is 38.9 Å². The van der Waals surface area contributed by atoms with Crippen molar-refractivity contribution in [3.05, 3.63) is 0 Å². The topological polar surface area (TPSA) is 57.3 Å². The SMILES string of the molecule is CC(=O)OC1CCC2C3C[C@H]4O[C@]45CC4(CC[C@]5(C)C3CC[C@]12C)OCCO4. The van der Waals surface area contributed by atoms with Gasteiger partial charge in [-0.2, -0.15) is 0 Å². The number of fused-ring (bicyclic) bond motifs is 4. The Labute approximate surface area is 167 Å². The molecule has 2 aliphatic heterocycles. The number of hydrogen-bond acceptors (Lipinski definition) is 5. The molecule has 156 valence electrons. The zero-order valence-corrected chi connectivity index (χ0v) is 17.5. The van der Waals surface area contributed by atoms with Crippen molar-refractivity contribution in [1.82, 2.24) is 0 Å². The van der Waals surface area contributed by atoms with E-state index >= 15 is 0 Å². The van der Waals surface area contributed by atoms with Crippen LogP contribution >= 0.6 is 0 Å². The molecular formula is C23H34O5. The standard InChI is InChI=1S/C23H34O5/c1-14(24)27-18-5-4-16-15-12-19-23(28-19)13-22(25-10-11-26-22)9-8-21(23,3)17(15)6-7-20(16,18)2/h15-19H,4-13H2,1-3H3/t15?,16?,17?,18?,19-,20+,21-,23-/m1/s1. The van der Waals surface area contributed by atoms with Crippen LogP contribution < -0.4 is 0 Å². The van der Waals surface area contributed by atoms with Gasteiger partial charge in [-0.1, -0.05) is 13.8 Å². The van der Waals surface area contributed by atoms with Crippen molar-refractivity contribution in [1.29, 1.82) is 0 Å². The van der Waals surface area contributed by atoms with Gasteiger partial charge in [0.2, 0.25) is 0 Å². The number of carbonyl (C=O) groups excluding carboxylic acids is 1. The molecule has 4 aliphatic carbocycles. The van der Waals surface area contributed by atoms with E-state index in [0.29, 0.717) is 23.9 Å². The zero-order valence-electron chi connectivity index (χ0n) is 17.5. The highest BCUT2D eigenvalue weighted by molar-refractivity contribution is 5.66. The Morgan fingerprint density at radius 1 is 1.00 bits per heavy atom. The summed E-state index contributed by atoms with van der Waals surface area (Å²) in [6.07, 6.45) is 9.33. The van der Waals surface area contributed by atoms with E-state index in [-0.39, 0.29) is 34.3 Å². The van der Waals surface area contributed by atoms with Gasteiger partial charge in [0.1, 0.15) is 11.7 Å². The number of epoxide rings is 1. The summed E-state index contributed by atoms with van der Waals surface area (Å²) in [5.74, 6) is 1.56. The molecule has 5 nitrogen and oxygen atoms in total. The average Bonchev–Trinajstić information content (AvgIpc) is 2.98. The van der Waals surface area contributed by atoms with Gasteiger partial charge in [0.15, 0.2) is 5.79 Å². The molecule has 0 bridgehead atoms. The lowest BCUT2D eigenvalue weighted by atomic mass is 9.44. The minimum atomic E-state index is -0.377. The Kier molecular flexibility index (Phi) is 3.58. The van der Waals surface area contributed by atoms with Crippen molar-refractivity contribution in [2.24, 2.45) is 28.6 Å². The van der Waals surface area contributed by atoms with Gasteiger partial charge < -0.3 is 18.9 Å². The minimum Gasteiger partial charge on any atom is -0.462 e. The highest BCUT2D eigenvalue weighted by Crippen LogP contribution is 2.74. The summed E-state index contributed by atoms with van der Waals surface area (Å²) in [4.78, 5) is 11.7. The van der Waals surface area contributed by atoms with Crippen molar-refractivity contribution >= 4 is 5.97 Å². The molecule has 6 fully saturated rings. The molecule has 5 heteroatoms. The van der Waals surface area contributed by atoms with Crippen LogP contribution in [-0.4, -0.2) is 42.8 Å². The molecule has 6 aliphatic rings. The third kappa shape index (κ3) is 2.11. The van der Waals surface area contributed by atoms with Crippen LogP contribution in [0.5, 0.6) is 0 Å². The predicted molar refractivity (Wildman–Crippen MR) is 101 cm³/mol. The summed E-state index contributed by atoms with van der Waals surface area (Å²) in [6.45, 7) is 7.90. The molecule has 2 saturated heterocycles. The lowest BCUT2D eigenvalue weighted by molar-refractivity contribution is -0.227. The molecule has 0 aromatic carbocycles. The number of ether oxygens (including phenoxy) is 4. The zero-order chi connectivity index (χ0) is 19.4. The van der Waals surface area contributed by atoms with E-state index in [1.54, 1.807) is 6.92 Å². The fourth-order valence-corrected chi connectivity index (χ4v) is 8.71. The molecule has 0 aromatic heterocycles. The molecule has 2 heterocycles. The van der Waals surface area contributed by atoms with Crippen LogP contribution in [0.25, 0.3) is 0 Å². The first-order valence-electron chi connectivity index (χ1n) is 11.4. The first-order valence-corrected chi connectivity index (χ1v) is 11.4. The summed E-state index contributed by atoms with van der Waals surface area (Å²) in [6, 6.07) is 0. The number of esters is 1. The summed E-state index contributed by atoms with van der Waals surface area (Å²) < 4.78 is 24.5. The molecule has 2 spiro atoms. The molecule has 28 heavy (non-hydrogen) atoms. The van der Waals surface area contributed by atoms with Gasteiger partial charge in [-0.15, -0.1) is 0 Å². The van der Waals surface area contributed by atoms with E-state index in [4.69, 9.17) is 18.9 Å². The smallest absolute Gasteiger partial charge is 0.302 e. The Bertz CT molecular complexity index is 701. The van der Waals surface area contributed by atoms with Gasteiger partial charge in [-0.05, 0) is 56.3 Å². The van der Waals surface area contributed by atoms with Crippen LogP contribution in [0.3, 0.4) is 0 Å². The Morgan fingerprint density at radius 2 is 1.79 bits per heavy atom. The molecule has 0 aromatic rings. The molecule has 0 N–H and O–H groups in total. The van der Waals surface area contributed by atoms with Gasteiger partial charge >= 0.3 is 5.97 Å². The first-order chi connectivity index (χ1) is 13.3. The van der Waals surface area contributed by atoms with Crippen molar-refractivity contribution in [2.75, 3.05) is 13.2 Å². The van der Waals surface area contributed by atoms with E-state index in [9.17, 15) is 4.79 Å². The van der Waals surface area contributed by atoms with Crippen molar-refractivity contribution in [3.63, 3.8) is 0 Å². The third-order valence-corrected chi connectivity index (χ3v) is 10.1. The number of hydrogen-bond donors (Lipinski definition) is 0. The predicted octanol–water partition coefficient (Wildman–Crippen LogP) is 3.84. The lowest BCUT2D eigenvalue weighted by Gasteiger charge is -2.60. The van der Waals surface area contributed by atoms with Gasteiger partial charge in [0, 0.05) is 30.6 Å². The van der Waals surface area contributed by atoms with Crippen LogP contribution in [0.2, 0.25) is 0 Å². The molecular weight excluding hydrogens is 356 g/mol.